The van der Waals surface area contributed by atoms with E-state index in [0.29, 0.717) is 18.2 Å². The fourth-order valence-electron chi connectivity index (χ4n) is 5.90. The van der Waals surface area contributed by atoms with E-state index in [2.05, 4.69) is 44.0 Å². The molecule has 7 rings (SSSR count). The number of amides is 1. The lowest BCUT2D eigenvalue weighted by molar-refractivity contribution is 0.0931. The van der Waals surface area contributed by atoms with Gasteiger partial charge in [0.15, 0.2) is 0 Å². The Balaban J connectivity index is 1.10. The van der Waals surface area contributed by atoms with Gasteiger partial charge in [-0.3, -0.25) is 9.89 Å². The van der Waals surface area contributed by atoms with E-state index in [1.165, 1.54) is 17.5 Å². The van der Waals surface area contributed by atoms with E-state index in [-0.39, 0.29) is 11.9 Å². The Kier molecular flexibility index (Phi) is 4.41. The number of imidazole rings is 1. The van der Waals surface area contributed by atoms with Gasteiger partial charge < -0.3 is 14.8 Å². The predicted octanol–water partition coefficient (Wildman–Crippen LogP) is 3.42. The molecule has 3 fully saturated rings. The number of rotatable bonds is 6. The van der Waals surface area contributed by atoms with Crippen molar-refractivity contribution in [2.75, 3.05) is 18.0 Å². The maximum Gasteiger partial charge on any atom is 0.272 e. The van der Waals surface area contributed by atoms with Crippen LogP contribution in [0.3, 0.4) is 0 Å². The molecule has 4 aliphatic rings. The third-order valence-corrected chi connectivity index (χ3v) is 8.23. The van der Waals surface area contributed by atoms with E-state index < -0.39 is 0 Å². The first-order chi connectivity index (χ1) is 16.5. The van der Waals surface area contributed by atoms with Crippen LogP contribution in [0.25, 0.3) is 0 Å². The second-order valence-electron chi connectivity index (χ2n) is 10.7. The van der Waals surface area contributed by atoms with E-state index >= 15 is 0 Å². The molecule has 2 N–H and O–H groups in total. The molecule has 8 heteroatoms. The molecule has 3 aromatic rings. The lowest BCUT2D eigenvalue weighted by Crippen LogP contribution is -2.27. The Labute approximate surface area is 199 Å². The molecule has 1 saturated heterocycles. The number of hydrogen-bond acceptors (Lipinski definition) is 5. The van der Waals surface area contributed by atoms with Crippen LogP contribution in [0.4, 0.5) is 5.82 Å². The van der Waals surface area contributed by atoms with E-state index in [4.69, 9.17) is 9.97 Å². The largest absolute Gasteiger partial charge is 0.356 e. The fourth-order valence-corrected chi connectivity index (χ4v) is 5.90. The van der Waals surface area contributed by atoms with E-state index in [1.807, 2.05) is 13.1 Å². The van der Waals surface area contributed by atoms with Gasteiger partial charge in [0.25, 0.3) is 5.91 Å². The minimum atomic E-state index is -0.114. The smallest absolute Gasteiger partial charge is 0.272 e. The van der Waals surface area contributed by atoms with Crippen molar-refractivity contribution in [3.63, 3.8) is 0 Å². The van der Waals surface area contributed by atoms with Crippen LogP contribution in [-0.4, -0.2) is 43.7 Å². The van der Waals surface area contributed by atoms with Crippen molar-refractivity contribution in [2.45, 2.75) is 64.5 Å². The average molecular weight is 458 g/mol. The maximum absolute atomic E-state index is 13.1. The van der Waals surface area contributed by atoms with Crippen LogP contribution in [0, 0.1) is 25.7 Å². The summed E-state index contributed by atoms with van der Waals surface area (Å²) in [4.78, 5) is 25.3. The van der Waals surface area contributed by atoms with Crippen molar-refractivity contribution >= 4 is 11.7 Å². The van der Waals surface area contributed by atoms with Crippen molar-refractivity contribution in [3.8, 4) is 0 Å². The zero-order chi connectivity index (χ0) is 23.0. The van der Waals surface area contributed by atoms with Gasteiger partial charge in [-0.25, -0.2) is 9.97 Å². The van der Waals surface area contributed by atoms with Crippen molar-refractivity contribution in [1.82, 2.24) is 30.0 Å². The van der Waals surface area contributed by atoms with Gasteiger partial charge in [0.1, 0.15) is 17.3 Å². The number of aromatic amines is 1. The Bertz CT molecular complexity index is 1280. The number of anilines is 1. The molecule has 34 heavy (non-hydrogen) atoms. The number of hydrogen-bond donors (Lipinski definition) is 2. The lowest BCUT2D eigenvalue weighted by Gasteiger charge is -2.20. The zero-order valence-electron chi connectivity index (χ0n) is 19.8. The third kappa shape index (κ3) is 3.42. The van der Waals surface area contributed by atoms with Crippen molar-refractivity contribution in [1.29, 1.82) is 0 Å². The number of carbonyl (C=O) groups is 1. The summed E-state index contributed by atoms with van der Waals surface area (Å²) in [5.41, 5.74) is 6.07. The minimum Gasteiger partial charge on any atom is -0.356 e. The number of aromatic nitrogens is 5. The Morgan fingerprint density at radius 3 is 2.74 bits per heavy atom. The van der Waals surface area contributed by atoms with E-state index in [9.17, 15) is 4.79 Å². The van der Waals surface area contributed by atoms with Gasteiger partial charge in [-0.1, -0.05) is 6.07 Å². The first-order valence-corrected chi connectivity index (χ1v) is 12.7. The maximum atomic E-state index is 13.1. The highest BCUT2D eigenvalue weighted by atomic mass is 16.2. The zero-order valence-corrected chi connectivity index (χ0v) is 19.8. The van der Waals surface area contributed by atoms with Crippen molar-refractivity contribution < 1.29 is 4.79 Å². The Morgan fingerprint density at radius 2 is 1.97 bits per heavy atom. The second-order valence-corrected chi connectivity index (χ2v) is 10.7. The van der Waals surface area contributed by atoms with Gasteiger partial charge in [0, 0.05) is 36.6 Å². The molecule has 4 heterocycles. The van der Waals surface area contributed by atoms with Crippen LogP contribution in [0.5, 0.6) is 0 Å². The number of aryl methyl sites for hydroxylation is 2. The molecule has 8 nitrogen and oxygen atoms in total. The molecule has 3 atom stereocenters. The molecule has 1 aliphatic heterocycles. The summed E-state index contributed by atoms with van der Waals surface area (Å²) in [6.07, 6.45) is 7.46. The van der Waals surface area contributed by atoms with Crippen molar-refractivity contribution in [3.05, 3.63) is 58.1 Å². The van der Waals surface area contributed by atoms with Crippen LogP contribution in [0.2, 0.25) is 0 Å². The van der Waals surface area contributed by atoms with E-state index in [0.717, 1.165) is 79.3 Å². The standard InChI is InChI=1S/C26H31N7O/c1-14-17(5-8-23(27-14)32-11-18-9-19(18)12-32)10-33-13-22(28-25(33)16-3-4-16)26(34)29-21-7-6-20-15(2)30-31-24(20)21/h5,8,13,16,18-19,21H,3-4,6-7,9-12H2,1-2H3,(H,29,34)(H,30,31). The number of pyridine rings is 1. The van der Waals surface area contributed by atoms with E-state index in [1.54, 1.807) is 0 Å². The second kappa shape index (κ2) is 7.42. The van der Waals surface area contributed by atoms with Crippen LogP contribution in [0.15, 0.2) is 18.3 Å². The summed E-state index contributed by atoms with van der Waals surface area (Å²) in [6, 6.07) is 4.33. The third-order valence-electron chi connectivity index (χ3n) is 8.23. The molecular weight excluding hydrogens is 426 g/mol. The molecule has 1 amide bonds. The van der Waals surface area contributed by atoms with Gasteiger partial charge in [0.05, 0.1) is 18.3 Å². The number of fused-ring (bicyclic) bond motifs is 2. The molecular formula is C26H31N7O. The summed E-state index contributed by atoms with van der Waals surface area (Å²) in [5.74, 6) is 4.26. The molecule has 0 bridgehead atoms. The Hall–Kier alpha value is -3.16. The first kappa shape index (κ1) is 20.2. The van der Waals surface area contributed by atoms with Crippen LogP contribution in [0.1, 0.15) is 82.2 Å². The lowest BCUT2D eigenvalue weighted by atomic mass is 10.2. The molecule has 3 aliphatic carbocycles. The normalized spacial score (nSPS) is 24.9. The Morgan fingerprint density at radius 1 is 1.15 bits per heavy atom. The number of H-pyrrole nitrogens is 1. The van der Waals surface area contributed by atoms with Crippen molar-refractivity contribution in [2.24, 2.45) is 11.8 Å². The van der Waals surface area contributed by atoms with Crippen LogP contribution >= 0.6 is 0 Å². The molecule has 3 aromatic heterocycles. The first-order valence-electron chi connectivity index (χ1n) is 12.7. The summed E-state index contributed by atoms with van der Waals surface area (Å²) in [5, 5.41) is 10.6. The molecule has 0 spiro atoms. The van der Waals surface area contributed by atoms with Gasteiger partial charge in [-0.05, 0) is 75.0 Å². The average Bonchev–Trinajstić information content (AvgIpc) is 3.60. The van der Waals surface area contributed by atoms with Crippen LogP contribution in [-0.2, 0) is 13.0 Å². The summed E-state index contributed by atoms with van der Waals surface area (Å²) >= 11 is 0. The predicted molar refractivity (Wildman–Crippen MR) is 128 cm³/mol. The number of nitrogens with one attached hydrogen (secondary N) is 2. The topological polar surface area (TPSA) is 91.7 Å². The molecule has 0 radical (unpaired) electrons. The van der Waals surface area contributed by atoms with Gasteiger partial charge >= 0.3 is 0 Å². The number of carbonyl (C=O) groups excluding carboxylic acids is 1. The minimum absolute atomic E-state index is 0.0439. The summed E-state index contributed by atoms with van der Waals surface area (Å²) in [6.45, 7) is 7.14. The highest BCUT2D eigenvalue weighted by Gasteiger charge is 2.45. The number of nitrogens with zero attached hydrogens (tertiary/aromatic N) is 5. The van der Waals surface area contributed by atoms with Gasteiger partial charge in [-0.2, -0.15) is 5.10 Å². The number of piperidine rings is 1. The molecule has 3 unspecified atom stereocenters. The van der Waals surface area contributed by atoms with Gasteiger partial charge in [-0.15, -0.1) is 0 Å². The van der Waals surface area contributed by atoms with Gasteiger partial charge in [0.2, 0.25) is 0 Å². The van der Waals surface area contributed by atoms with Crippen LogP contribution < -0.4 is 10.2 Å². The fraction of sp³-hybridized carbons (Fsp3) is 0.538. The highest BCUT2D eigenvalue weighted by Crippen LogP contribution is 2.46. The highest BCUT2D eigenvalue weighted by molar-refractivity contribution is 5.92. The SMILES string of the molecule is Cc1nc(N2CC3CC3C2)ccc1Cn1cc(C(=O)NC2CCc3c2n[nH]c3C)nc1C1CC1. The quantitative estimate of drug-likeness (QED) is 0.592. The molecule has 2 saturated carbocycles. The summed E-state index contributed by atoms with van der Waals surface area (Å²) in [7, 11) is 0. The summed E-state index contributed by atoms with van der Waals surface area (Å²) < 4.78 is 2.17. The molecule has 176 valence electrons. The molecule has 0 aromatic carbocycles. The monoisotopic (exact) mass is 457 g/mol.